The number of Topliss-reactive ketones (excluding diaryl/α,β-unsaturated/α-hetero) is 2. The monoisotopic (exact) mass is 359 g/mol. The highest BCUT2D eigenvalue weighted by Crippen LogP contribution is 2.39. The van der Waals surface area contributed by atoms with Crippen LogP contribution in [0.15, 0.2) is 23.4 Å². The van der Waals surface area contributed by atoms with Gasteiger partial charge in [-0.2, -0.15) is 0 Å². The highest BCUT2D eigenvalue weighted by atomic mass is 16.5. The summed E-state index contributed by atoms with van der Waals surface area (Å²) in [6.07, 6.45) is 6.58. The van der Waals surface area contributed by atoms with E-state index in [2.05, 4.69) is 6.92 Å². The fraction of sp³-hybridized carbons (Fsp3) is 0.524. The summed E-state index contributed by atoms with van der Waals surface area (Å²) in [5.41, 5.74) is 7.02. The van der Waals surface area contributed by atoms with Gasteiger partial charge in [-0.15, -0.1) is 0 Å². The Labute approximate surface area is 155 Å². The quantitative estimate of drug-likeness (QED) is 0.665. The summed E-state index contributed by atoms with van der Waals surface area (Å²) < 4.78 is 10.6. The van der Waals surface area contributed by atoms with E-state index in [4.69, 9.17) is 15.2 Å². The van der Waals surface area contributed by atoms with Gasteiger partial charge >= 0.3 is 0 Å². The Balaban J connectivity index is 2.33. The van der Waals surface area contributed by atoms with E-state index in [-0.39, 0.29) is 34.3 Å². The Morgan fingerprint density at radius 1 is 0.923 bits per heavy atom. The molecule has 142 valence electrons. The van der Waals surface area contributed by atoms with Gasteiger partial charge in [-0.3, -0.25) is 9.59 Å². The first kappa shape index (κ1) is 20.0. The van der Waals surface area contributed by atoms with Crippen molar-refractivity contribution in [3.8, 4) is 11.5 Å². The number of unbranched alkanes of at least 4 members (excludes halogenated alkanes) is 4. The van der Waals surface area contributed by atoms with Crippen LogP contribution >= 0.6 is 0 Å². The predicted octanol–water partition coefficient (Wildman–Crippen LogP) is 4.29. The first-order valence-corrected chi connectivity index (χ1v) is 9.31. The molecular weight excluding hydrogens is 330 g/mol. The molecule has 0 spiro atoms. The van der Waals surface area contributed by atoms with Gasteiger partial charge in [-0.05, 0) is 24.5 Å². The van der Waals surface area contributed by atoms with Gasteiger partial charge in [0, 0.05) is 5.57 Å². The van der Waals surface area contributed by atoms with Crippen molar-refractivity contribution >= 4 is 11.6 Å². The van der Waals surface area contributed by atoms with Gasteiger partial charge in [0.1, 0.15) is 11.5 Å². The number of carbonyl (C=O) groups is 2. The smallest absolute Gasteiger partial charge is 0.213 e. The zero-order valence-electron chi connectivity index (χ0n) is 16.2. The maximum atomic E-state index is 13.2. The number of methoxy groups -OCH3 is 2. The third-order valence-corrected chi connectivity index (χ3v) is 5.04. The normalized spacial score (nSPS) is 15.1. The number of nitrogens with two attached hydrogens (primary N) is 1. The molecule has 1 unspecified atom stereocenters. The first-order valence-electron chi connectivity index (χ1n) is 9.31. The molecule has 5 heteroatoms. The highest BCUT2D eigenvalue weighted by molar-refractivity contribution is 6.28. The molecule has 0 amide bonds. The van der Waals surface area contributed by atoms with Crippen LogP contribution in [0.2, 0.25) is 0 Å². The minimum atomic E-state index is -0.358. The van der Waals surface area contributed by atoms with Crippen LogP contribution in [-0.2, 0) is 0 Å². The fourth-order valence-corrected chi connectivity index (χ4v) is 3.56. The maximum absolute atomic E-state index is 13.2. The van der Waals surface area contributed by atoms with Crippen molar-refractivity contribution in [3.63, 3.8) is 0 Å². The van der Waals surface area contributed by atoms with Crippen molar-refractivity contribution in [2.24, 2.45) is 11.7 Å². The number of fused-ring (bicyclic) bond motifs is 1. The van der Waals surface area contributed by atoms with Crippen molar-refractivity contribution in [3.05, 3.63) is 34.5 Å². The number of ether oxygens (including phenoxy) is 2. The average Bonchev–Trinajstić information content (AvgIpc) is 2.64. The summed E-state index contributed by atoms with van der Waals surface area (Å²) in [5.74, 6) is 0.0573. The lowest BCUT2D eigenvalue weighted by Gasteiger charge is -2.25. The molecule has 0 fully saturated rings. The van der Waals surface area contributed by atoms with Crippen LogP contribution in [0.25, 0.3) is 0 Å². The van der Waals surface area contributed by atoms with E-state index in [1.54, 1.807) is 12.1 Å². The minimum absolute atomic E-state index is 0.0371. The molecule has 2 N–H and O–H groups in total. The molecular formula is C21H29NO4. The zero-order chi connectivity index (χ0) is 19.3. The summed E-state index contributed by atoms with van der Waals surface area (Å²) in [7, 11) is 2.95. The number of ketones is 2. The second-order valence-electron chi connectivity index (χ2n) is 6.81. The molecule has 1 aliphatic carbocycles. The van der Waals surface area contributed by atoms with Crippen molar-refractivity contribution in [1.29, 1.82) is 0 Å². The summed E-state index contributed by atoms with van der Waals surface area (Å²) in [5, 5.41) is 0. The molecule has 0 bridgehead atoms. The molecule has 0 aromatic heterocycles. The van der Waals surface area contributed by atoms with Crippen LogP contribution in [0.4, 0.5) is 0 Å². The van der Waals surface area contributed by atoms with Gasteiger partial charge in [0.2, 0.25) is 5.78 Å². The van der Waals surface area contributed by atoms with Gasteiger partial charge in [0.25, 0.3) is 0 Å². The molecule has 5 nitrogen and oxygen atoms in total. The van der Waals surface area contributed by atoms with Crippen molar-refractivity contribution < 1.29 is 19.1 Å². The maximum Gasteiger partial charge on any atom is 0.213 e. The molecule has 2 rings (SSSR count). The molecule has 1 atom stereocenters. The van der Waals surface area contributed by atoms with E-state index in [0.717, 1.165) is 19.3 Å². The van der Waals surface area contributed by atoms with E-state index in [1.807, 2.05) is 6.92 Å². The molecule has 26 heavy (non-hydrogen) atoms. The van der Waals surface area contributed by atoms with Crippen molar-refractivity contribution in [2.45, 2.75) is 52.4 Å². The number of allylic oxidation sites excluding steroid dienone is 2. The van der Waals surface area contributed by atoms with E-state index in [1.165, 1.54) is 33.5 Å². The third kappa shape index (κ3) is 3.76. The predicted molar refractivity (Wildman–Crippen MR) is 102 cm³/mol. The van der Waals surface area contributed by atoms with Gasteiger partial charge < -0.3 is 15.2 Å². The highest BCUT2D eigenvalue weighted by Gasteiger charge is 2.37. The van der Waals surface area contributed by atoms with Crippen LogP contribution in [0.3, 0.4) is 0 Å². The third-order valence-electron chi connectivity index (χ3n) is 5.04. The largest absolute Gasteiger partial charge is 0.496 e. The first-order chi connectivity index (χ1) is 12.5. The SMILES string of the molecule is CCCCCCCC(C)C1=C(N)C(=O)c2c(OC)ccc(OC)c2C1=O. The molecule has 1 aliphatic rings. The number of benzene rings is 1. The second-order valence-corrected chi connectivity index (χ2v) is 6.81. The van der Waals surface area contributed by atoms with E-state index < -0.39 is 0 Å². The fourth-order valence-electron chi connectivity index (χ4n) is 3.56. The van der Waals surface area contributed by atoms with Gasteiger partial charge in [0.05, 0.1) is 31.0 Å². The Morgan fingerprint density at radius 3 is 2.00 bits per heavy atom. The number of hydrogen-bond donors (Lipinski definition) is 1. The Morgan fingerprint density at radius 2 is 1.46 bits per heavy atom. The van der Waals surface area contributed by atoms with Crippen LogP contribution in [-0.4, -0.2) is 25.8 Å². The van der Waals surface area contributed by atoms with Crippen molar-refractivity contribution in [1.82, 2.24) is 0 Å². The van der Waals surface area contributed by atoms with E-state index in [0.29, 0.717) is 17.1 Å². The Kier molecular flexibility index (Phi) is 6.83. The molecule has 0 heterocycles. The number of carbonyl (C=O) groups excluding carboxylic acids is 2. The molecule has 1 aromatic carbocycles. The zero-order valence-corrected chi connectivity index (χ0v) is 16.2. The van der Waals surface area contributed by atoms with Gasteiger partial charge in [-0.1, -0.05) is 46.0 Å². The average molecular weight is 359 g/mol. The summed E-state index contributed by atoms with van der Waals surface area (Å²) in [6.45, 7) is 4.14. The number of rotatable bonds is 9. The summed E-state index contributed by atoms with van der Waals surface area (Å²) in [6, 6.07) is 3.27. The van der Waals surface area contributed by atoms with E-state index in [9.17, 15) is 9.59 Å². The Bertz CT molecular complexity index is 721. The van der Waals surface area contributed by atoms with Crippen LogP contribution in [0, 0.1) is 5.92 Å². The Hall–Kier alpha value is -2.30. The molecule has 0 saturated carbocycles. The molecule has 0 aliphatic heterocycles. The summed E-state index contributed by atoms with van der Waals surface area (Å²) >= 11 is 0. The van der Waals surface area contributed by atoms with Crippen LogP contribution < -0.4 is 15.2 Å². The lowest BCUT2D eigenvalue weighted by molar-refractivity contribution is 0.0958. The second kappa shape index (κ2) is 8.88. The molecule has 0 radical (unpaired) electrons. The lowest BCUT2D eigenvalue weighted by atomic mass is 9.79. The lowest BCUT2D eigenvalue weighted by Crippen LogP contribution is -2.30. The van der Waals surface area contributed by atoms with Gasteiger partial charge in [-0.25, -0.2) is 0 Å². The van der Waals surface area contributed by atoms with E-state index >= 15 is 0 Å². The minimum Gasteiger partial charge on any atom is -0.496 e. The van der Waals surface area contributed by atoms with Gasteiger partial charge in [0.15, 0.2) is 5.78 Å². The van der Waals surface area contributed by atoms with Crippen molar-refractivity contribution in [2.75, 3.05) is 14.2 Å². The standard InChI is InChI=1S/C21H29NO4/c1-5-6-7-8-9-10-13(2)16-19(22)21(24)18-15(26-4)12-11-14(25-3)17(18)20(16)23/h11-13H,5-10,22H2,1-4H3. The topological polar surface area (TPSA) is 78.6 Å². The number of hydrogen-bond acceptors (Lipinski definition) is 5. The molecule has 1 aromatic rings. The van der Waals surface area contributed by atoms with Crippen LogP contribution in [0.5, 0.6) is 11.5 Å². The summed E-state index contributed by atoms with van der Waals surface area (Å²) in [4.78, 5) is 26.0. The molecule has 0 saturated heterocycles. The van der Waals surface area contributed by atoms with Crippen LogP contribution in [0.1, 0.15) is 73.1 Å².